The number of unbranched alkanes of at least 4 members (excludes halogenated alkanes) is 2. The lowest BCUT2D eigenvalue weighted by Gasteiger charge is -2.23. The third-order valence-electron chi connectivity index (χ3n) is 6.51. The third-order valence-corrected chi connectivity index (χ3v) is 6.51. The average molecular weight is 453 g/mol. The van der Waals surface area contributed by atoms with E-state index >= 15 is 0 Å². The van der Waals surface area contributed by atoms with E-state index in [9.17, 15) is 8.78 Å². The minimum atomic E-state index is -0.865. The molecule has 1 unspecified atom stereocenters. The van der Waals surface area contributed by atoms with Crippen molar-refractivity contribution in [2.24, 2.45) is 5.92 Å². The van der Waals surface area contributed by atoms with Crippen molar-refractivity contribution in [2.45, 2.75) is 78.1 Å². The molecule has 0 spiro atoms. The molecule has 2 aromatic carbocycles. The number of hydrogen-bond acceptors (Lipinski definition) is 1. The van der Waals surface area contributed by atoms with Gasteiger partial charge in [0.25, 0.3) is 0 Å². The van der Waals surface area contributed by atoms with Gasteiger partial charge in [-0.2, -0.15) is 4.39 Å². The smallest absolute Gasteiger partial charge is 0.201 e. The summed E-state index contributed by atoms with van der Waals surface area (Å²) in [5, 5.41) is 0. The van der Waals surface area contributed by atoms with Gasteiger partial charge in [-0.1, -0.05) is 69.2 Å². The first-order valence-corrected chi connectivity index (χ1v) is 12.6. The van der Waals surface area contributed by atoms with E-state index in [1.807, 2.05) is 6.92 Å². The molecule has 0 aromatic heterocycles. The maximum Gasteiger partial charge on any atom is 0.201 e. The van der Waals surface area contributed by atoms with Crippen molar-refractivity contribution in [1.82, 2.24) is 0 Å². The predicted octanol–water partition coefficient (Wildman–Crippen LogP) is 8.86. The van der Waals surface area contributed by atoms with E-state index in [-0.39, 0.29) is 5.75 Å². The fourth-order valence-corrected chi connectivity index (χ4v) is 4.33. The Bertz CT molecular complexity index is 927. The Morgan fingerprint density at radius 1 is 0.939 bits per heavy atom. The van der Waals surface area contributed by atoms with Crippen LogP contribution in [0.3, 0.4) is 0 Å². The van der Waals surface area contributed by atoms with Gasteiger partial charge in [-0.05, 0) is 86.1 Å². The lowest BCUT2D eigenvalue weighted by Crippen LogP contribution is -2.08. The van der Waals surface area contributed by atoms with Gasteiger partial charge in [0.1, 0.15) is 0 Å². The number of rotatable bonds is 12. The van der Waals surface area contributed by atoms with E-state index in [0.29, 0.717) is 18.1 Å². The quantitative estimate of drug-likeness (QED) is 0.231. The van der Waals surface area contributed by atoms with Crippen LogP contribution in [0.15, 0.2) is 54.6 Å². The number of benzene rings is 2. The van der Waals surface area contributed by atoms with Gasteiger partial charge in [0.05, 0.1) is 6.61 Å². The van der Waals surface area contributed by atoms with E-state index in [2.05, 4.69) is 49.4 Å². The summed E-state index contributed by atoms with van der Waals surface area (Å²) in [6.07, 6.45) is 16.7. The number of hydrogen-bond donors (Lipinski definition) is 0. The van der Waals surface area contributed by atoms with Crippen LogP contribution in [0.4, 0.5) is 8.78 Å². The molecule has 0 radical (unpaired) electrons. The Morgan fingerprint density at radius 3 is 2.42 bits per heavy atom. The third kappa shape index (κ3) is 7.55. The molecule has 1 atom stereocenters. The molecule has 0 bridgehead atoms. The second kappa shape index (κ2) is 13.3. The van der Waals surface area contributed by atoms with Gasteiger partial charge in [-0.15, -0.1) is 0 Å². The molecule has 0 saturated heterocycles. The minimum Gasteiger partial charge on any atom is -0.490 e. The van der Waals surface area contributed by atoms with Crippen LogP contribution >= 0.6 is 0 Å². The Kier molecular flexibility index (Phi) is 10.2. The molecular weight excluding hydrogens is 414 g/mol. The normalized spacial score (nSPS) is 16.2. The van der Waals surface area contributed by atoms with Crippen molar-refractivity contribution in [2.75, 3.05) is 6.61 Å². The molecule has 33 heavy (non-hydrogen) atoms. The minimum absolute atomic E-state index is 0.0157. The number of aryl methyl sites for hydroxylation is 1. The molecule has 178 valence electrons. The zero-order chi connectivity index (χ0) is 23.5. The van der Waals surface area contributed by atoms with Crippen molar-refractivity contribution in [3.8, 4) is 5.75 Å². The van der Waals surface area contributed by atoms with Crippen LogP contribution in [0, 0.1) is 17.6 Å². The second-order valence-electron chi connectivity index (χ2n) is 9.13. The van der Waals surface area contributed by atoms with Gasteiger partial charge in [0.2, 0.25) is 5.82 Å². The van der Waals surface area contributed by atoms with Gasteiger partial charge in [-0.25, -0.2) is 4.39 Å². The highest BCUT2D eigenvalue weighted by atomic mass is 19.2. The summed E-state index contributed by atoms with van der Waals surface area (Å²) >= 11 is 0. The maximum absolute atomic E-state index is 14.7. The van der Waals surface area contributed by atoms with Crippen molar-refractivity contribution >= 4 is 5.57 Å². The van der Waals surface area contributed by atoms with Gasteiger partial charge < -0.3 is 4.74 Å². The monoisotopic (exact) mass is 452 g/mol. The topological polar surface area (TPSA) is 9.23 Å². The summed E-state index contributed by atoms with van der Waals surface area (Å²) in [5.41, 5.74) is 4.03. The number of halogens is 2. The van der Waals surface area contributed by atoms with Crippen LogP contribution in [0.5, 0.6) is 5.75 Å². The number of allylic oxidation sites excluding steroid dienone is 4. The molecular formula is C30H38F2O. The first-order chi connectivity index (χ1) is 16.1. The average Bonchev–Trinajstić information content (AvgIpc) is 2.84. The second-order valence-corrected chi connectivity index (χ2v) is 9.13. The molecule has 1 nitrogen and oxygen atoms in total. The van der Waals surface area contributed by atoms with Crippen molar-refractivity contribution in [1.29, 1.82) is 0 Å². The molecule has 1 aliphatic rings. The lowest BCUT2D eigenvalue weighted by atomic mass is 9.83. The summed E-state index contributed by atoms with van der Waals surface area (Å²) in [5.74, 6) is -1.04. The van der Waals surface area contributed by atoms with Crippen molar-refractivity contribution in [3.05, 3.63) is 83.0 Å². The zero-order valence-corrected chi connectivity index (χ0v) is 20.2. The van der Waals surface area contributed by atoms with E-state index in [1.165, 1.54) is 17.5 Å². The summed E-state index contributed by atoms with van der Waals surface area (Å²) < 4.78 is 34.5. The summed E-state index contributed by atoms with van der Waals surface area (Å²) in [6, 6.07) is 12.2. The van der Waals surface area contributed by atoms with Crippen LogP contribution < -0.4 is 4.74 Å². The molecule has 1 aliphatic carbocycles. The fourth-order valence-electron chi connectivity index (χ4n) is 4.33. The molecule has 0 amide bonds. The summed E-state index contributed by atoms with van der Waals surface area (Å²) in [4.78, 5) is 0. The highest BCUT2D eigenvalue weighted by molar-refractivity contribution is 5.67. The fraction of sp³-hybridized carbons (Fsp3) is 0.467. The van der Waals surface area contributed by atoms with E-state index in [4.69, 9.17) is 4.74 Å². The SMILES string of the molecule is CCCC=CCc1ccc(CCC2CC=C(c3ccc(OCCCC)c(F)c3F)CC2)cc1. The van der Waals surface area contributed by atoms with E-state index in [1.54, 1.807) is 12.1 Å². The van der Waals surface area contributed by atoms with Crippen LogP contribution in [-0.2, 0) is 12.8 Å². The Morgan fingerprint density at radius 2 is 1.73 bits per heavy atom. The van der Waals surface area contributed by atoms with Gasteiger partial charge >= 0.3 is 0 Å². The molecule has 2 aromatic rings. The molecule has 0 heterocycles. The van der Waals surface area contributed by atoms with Gasteiger partial charge in [0.15, 0.2) is 11.6 Å². The Hall–Kier alpha value is -2.42. The largest absolute Gasteiger partial charge is 0.490 e. The molecule has 0 aliphatic heterocycles. The van der Waals surface area contributed by atoms with Gasteiger partial charge in [0, 0.05) is 5.56 Å². The standard InChI is InChI=1S/C30H38F2O/c1-3-5-7-8-9-23-10-12-24(13-11-23)14-15-25-16-18-26(19-17-25)27-20-21-28(30(32)29(27)31)33-22-6-4-2/h7-8,10-13,18,20-21,25H,3-6,9,14-17,19,22H2,1-2H3. The zero-order valence-electron chi connectivity index (χ0n) is 20.2. The van der Waals surface area contributed by atoms with Crippen LogP contribution in [0.25, 0.3) is 5.57 Å². The van der Waals surface area contributed by atoms with Crippen LogP contribution in [0.2, 0.25) is 0 Å². The lowest BCUT2D eigenvalue weighted by molar-refractivity contribution is 0.288. The van der Waals surface area contributed by atoms with E-state index < -0.39 is 11.6 Å². The van der Waals surface area contributed by atoms with Crippen LogP contribution in [0.1, 0.15) is 81.9 Å². The van der Waals surface area contributed by atoms with Gasteiger partial charge in [-0.3, -0.25) is 0 Å². The molecule has 3 rings (SSSR count). The summed E-state index contributed by atoms with van der Waals surface area (Å²) in [6.45, 7) is 4.65. The predicted molar refractivity (Wildman–Crippen MR) is 135 cm³/mol. The highest BCUT2D eigenvalue weighted by Crippen LogP contribution is 2.35. The summed E-state index contributed by atoms with van der Waals surface area (Å²) in [7, 11) is 0. The molecule has 0 saturated carbocycles. The molecule has 0 fully saturated rings. The van der Waals surface area contributed by atoms with E-state index in [0.717, 1.165) is 63.4 Å². The number of ether oxygens (including phenoxy) is 1. The first kappa shape index (κ1) is 25.2. The maximum atomic E-state index is 14.7. The first-order valence-electron chi connectivity index (χ1n) is 12.6. The molecule has 3 heteroatoms. The van der Waals surface area contributed by atoms with Crippen molar-refractivity contribution < 1.29 is 13.5 Å². The van der Waals surface area contributed by atoms with Crippen molar-refractivity contribution in [3.63, 3.8) is 0 Å². The Labute approximate surface area is 198 Å². The Balaban J connectivity index is 1.50. The van der Waals surface area contributed by atoms with Crippen LogP contribution in [-0.4, -0.2) is 6.61 Å². The highest BCUT2D eigenvalue weighted by Gasteiger charge is 2.21. The molecule has 0 N–H and O–H groups in total.